The summed E-state index contributed by atoms with van der Waals surface area (Å²) < 4.78 is 10.5. The molecule has 0 aromatic carbocycles. The van der Waals surface area contributed by atoms with Crippen molar-refractivity contribution in [3.63, 3.8) is 0 Å². The van der Waals surface area contributed by atoms with Crippen molar-refractivity contribution in [2.24, 2.45) is 0 Å². The molecule has 4 heteroatoms. The average molecular weight is 228 g/mol. The predicted octanol–water partition coefficient (Wildman–Crippen LogP) is 1.71. The van der Waals surface area contributed by atoms with Crippen LogP contribution in [0.25, 0.3) is 0 Å². The molecule has 1 N–H and O–H groups in total. The normalized spacial score (nSPS) is 14.8. The maximum absolute atomic E-state index is 9.08. The second kappa shape index (κ2) is 8.51. The lowest BCUT2D eigenvalue weighted by Crippen LogP contribution is -2.45. The third-order valence-corrected chi connectivity index (χ3v) is 2.18. The standard InChI is InChI=1S/C12H24N2O2/c1-5-15-8-9-16-7-6-12(4,10-13)14-11(2)3/h11,14H,5-9H2,1-4H3. The third-order valence-electron chi connectivity index (χ3n) is 2.18. The minimum atomic E-state index is -0.500. The van der Waals surface area contributed by atoms with Gasteiger partial charge in [-0.2, -0.15) is 5.26 Å². The van der Waals surface area contributed by atoms with Crippen molar-refractivity contribution in [1.82, 2.24) is 5.32 Å². The number of nitrogens with zero attached hydrogens (tertiary/aromatic N) is 1. The zero-order chi connectivity index (χ0) is 12.4. The molecule has 0 bridgehead atoms. The topological polar surface area (TPSA) is 54.3 Å². The average Bonchev–Trinajstić information content (AvgIpc) is 2.22. The summed E-state index contributed by atoms with van der Waals surface area (Å²) in [4.78, 5) is 0. The van der Waals surface area contributed by atoms with Crippen molar-refractivity contribution < 1.29 is 9.47 Å². The highest BCUT2D eigenvalue weighted by atomic mass is 16.5. The van der Waals surface area contributed by atoms with E-state index in [0.29, 0.717) is 38.9 Å². The van der Waals surface area contributed by atoms with E-state index in [9.17, 15) is 0 Å². The van der Waals surface area contributed by atoms with E-state index < -0.39 is 5.54 Å². The Kier molecular flexibility index (Phi) is 8.18. The first-order chi connectivity index (χ1) is 7.54. The van der Waals surface area contributed by atoms with Crippen molar-refractivity contribution in [3.05, 3.63) is 0 Å². The van der Waals surface area contributed by atoms with E-state index in [-0.39, 0.29) is 0 Å². The minimum absolute atomic E-state index is 0.299. The van der Waals surface area contributed by atoms with Crippen LogP contribution in [0.15, 0.2) is 0 Å². The summed E-state index contributed by atoms with van der Waals surface area (Å²) in [6, 6.07) is 2.59. The van der Waals surface area contributed by atoms with Gasteiger partial charge in [-0.25, -0.2) is 0 Å². The van der Waals surface area contributed by atoms with Crippen LogP contribution in [0.1, 0.15) is 34.1 Å². The SMILES string of the molecule is CCOCCOCCC(C)(C#N)NC(C)C. The second-order valence-corrected chi connectivity index (χ2v) is 4.30. The van der Waals surface area contributed by atoms with Gasteiger partial charge in [0.2, 0.25) is 0 Å². The lowest BCUT2D eigenvalue weighted by molar-refractivity contribution is 0.0467. The Labute approximate surface area is 98.9 Å². The number of hydrogen-bond donors (Lipinski definition) is 1. The van der Waals surface area contributed by atoms with E-state index in [4.69, 9.17) is 14.7 Å². The van der Waals surface area contributed by atoms with E-state index >= 15 is 0 Å². The lowest BCUT2D eigenvalue weighted by atomic mass is 9.99. The molecule has 0 rings (SSSR count). The molecule has 4 nitrogen and oxygen atoms in total. The van der Waals surface area contributed by atoms with Gasteiger partial charge < -0.3 is 9.47 Å². The van der Waals surface area contributed by atoms with Crippen LogP contribution in [-0.2, 0) is 9.47 Å². The molecular weight excluding hydrogens is 204 g/mol. The van der Waals surface area contributed by atoms with Crippen molar-refractivity contribution in [2.75, 3.05) is 26.4 Å². The molecule has 0 aliphatic carbocycles. The summed E-state index contributed by atoms with van der Waals surface area (Å²) in [5, 5.41) is 12.3. The molecule has 0 aromatic heterocycles. The van der Waals surface area contributed by atoms with Crippen LogP contribution in [0.3, 0.4) is 0 Å². The van der Waals surface area contributed by atoms with Gasteiger partial charge in [0.15, 0.2) is 0 Å². The molecule has 1 unspecified atom stereocenters. The molecule has 0 spiro atoms. The first-order valence-corrected chi connectivity index (χ1v) is 5.88. The van der Waals surface area contributed by atoms with Crippen molar-refractivity contribution in [3.8, 4) is 6.07 Å². The third kappa shape index (κ3) is 7.63. The highest BCUT2D eigenvalue weighted by Gasteiger charge is 2.23. The first kappa shape index (κ1) is 15.4. The Morgan fingerprint density at radius 2 is 1.88 bits per heavy atom. The molecule has 1 atom stereocenters. The van der Waals surface area contributed by atoms with Crippen LogP contribution >= 0.6 is 0 Å². The maximum atomic E-state index is 9.08. The van der Waals surface area contributed by atoms with Gasteiger partial charge in [-0.1, -0.05) is 0 Å². The number of rotatable bonds is 9. The molecule has 0 radical (unpaired) electrons. The fourth-order valence-corrected chi connectivity index (χ4v) is 1.44. The maximum Gasteiger partial charge on any atom is 0.106 e. The molecular formula is C12H24N2O2. The Morgan fingerprint density at radius 3 is 2.38 bits per heavy atom. The number of hydrogen-bond acceptors (Lipinski definition) is 4. The van der Waals surface area contributed by atoms with Crippen LogP contribution in [0.5, 0.6) is 0 Å². The van der Waals surface area contributed by atoms with Gasteiger partial charge in [-0.05, 0) is 27.7 Å². The molecule has 16 heavy (non-hydrogen) atoms. The smallest absolute Gasteiger partial charge is 0.106 e. The molecule has 0 aromatic rings. The van der Waals surface area contributed by atoms with Gasteiger partial charge in [0.1, 0.15) is 5.54 Å². The molecule has 0 heterocycles. The van der Waals surface area contributed by atoms with E-state index in [1.807, 2.05) is 27.7 Å². The van der Waals surface area contributed by atoms with Crippen LogP contribution in [0, 0.1) is 11.3 Å². The number of nitrogens with one attached hydrogen (secondary N) is 1. The molecule has 0 fully saturated rings. The minimum Gasteiger partial charge on any atom is -0.379 e. The molecule has 0 aliphatic heterocycles. The van der Waals surface area contributed by atoms with Crippen molar-refractivity contribution in [2.45, 2.75) is 45.7 Å². The fraction of sp³-hybridized carbons (Fsp3) is 0.917. The summed E-state index contributed by atoms with van der Waals surface area (Å²) in [5.41, 5.74) is -0.500. The second-order valence-electron chi connectivity index (χ2n) is 4.30. The molecule has 0 saturated carbocycles. The largest absolute Gasteiger partial charge is 0.379 e. The summed E-state index contributed by atoms with van der Waals surface area (Å²) in [6.45, 7) is 10.4. The fourth-order valence-electron chi connectivity index (χ4n) is 1.44. The Bertz CT molecular complexity index is 214. The van der Waals surface area contributed by atoms with E-state index in [1.54, 1.807) is 0 Å². The quantitative estimate of drug-likeness (QED) is 0.610. The summed E-state index contributed by atoms with van der Waals surface area (Å²) in [5.74, 6) is 0. The van der Waals surface area contributed by atoms with Gasteiger partial charge >= 0.3 is 0 Å². The zero-order valence-corrected chi connectivity index (χ0v) is 10.9. The zero-order valence-electron chi connectivity index (χ0n) is 10.9. The number of nitriles is 1. The van der Waals surface area contributed by atoms with Crippen molar-refractivity contribution in [1.29, 1.82) is 5.26 Å². The van der Waals surface area contributed by atoms with E-state index in [2.05, 4.69) is 11.4 Å². The van der Waals surface area contributed by atoms with E-state index in [1.165, 1.54) is 0 Å². The Morgan fingerprint density at radius 1 is 1.25 bits per heavy atom. The summed E-state index contributed by atoms with van der Waals surface area (Å²) >= 11 is 0. The van der Waals surface area contributed by atoms with Gasteiger partial charge in [-0.3, -0.25) is 5.32 Å². The van der Waals surface area contributed by atoms with Gasteiger partial charge in [-0.15, -0.1) is 0 Å². The molecule has 94 valence electrons. The Hall–Kier alpha value is -0.630. The highest BCUT2D eigenvalue weighted by molar-refractivity contribution is 5.04. The lowest BCUT2D eigenvalue weighted by Gasteiger charge is -2.25. The van der Waals surface area contributed by atoms with Crippen LogP contribution in [-0.4, -0.2) is 38.0 Å². The summed E-state index contributed by atoms with van der Waals surface area (Å²) in [6.07, 6.45) is 0.688. The van der Waals surface area contributed by atoms with Gasteiger partial charge in [0.05, 0.1) is 19.3 Å². The first-order valence-electron chi connectivity index (χ1n) is 5.88. The van der Waals surface area contributed by atoms with Gasteiger partial charge in [0.25, 0.3) is 0 Å². The predicted molar refractivity (Wildman–Crippen MR) is 64.2 cm³/mol. The number of ether oxygens (including phenoxy) is 2. The van der Waals surface area contributed by atoms with Crippen LogP contribution in [0.2, 0.25) is 0 Å². The molecule has 0 saturated heterocycles. The van der Waals surface area contributed by atoms with Crippen molar-refractivity contribution >= 4 is 0 Å². The molecule has 0 aliphatic rings. The monoisotopic (exact) mass is 228 g/mol. The van der Waals surface area contributed by atoms with Crippen LogP contribution < -0.4 is 5.32 Å². The van der Waals surface area contributed by atoms with E-state index in [0.717, 1.165) is 0 Å². The molecule has 0 amide bonds. The Balaban J connectivity index is 3.67. The van der Waals surface area contributed by atoms with Gasteiger partial charge in [0, 0.05) is 25.7 Å². The highest BCUT2D eigenvalue weighted by Crippen LogP contribution is 2.09. The van der Waals surface area contributed by atoms with Crippen LogP contribution in [0.4, 0.5) is 0 Å². The summed E-state index contributed by atoms with van der Waals surface area (Å²) in [7, 11) is 0.